The number of carbonyl (C=O) groups excluding carboxylic acids is 1. The summed E-state index contributed by atoms with van der Waals surface area (Å²) in [7, 11) is 0. The maximum absolute atomic E-state index is 11.5. The van der Waals surface area contributed by atoms with Crippen LogP contribution in [0.25, 0.3) is 0 Å². The minimum Gasteiger partial charge on any atom is -0.465 e. The number of nitrogens with zero attached hydrogens (tertiary/aromatic N) is 4. The molecule has 7 heteroatoms. The van der Waals surface area contributed by atoms with Gasteiger partial charge in [-0.3, -0.25) is 9.69 Å². The van der Waals surface area contributed by atoms with Gasteiger partial charge in [0.15, 0.2) is 0 Å². The number of ether oxygens (including phenoxy) is 1. The first kappa shape index (κ1) is 24.1. The minimum absolute atomic E-state index is 0. The van der Waals surface area contributed by atoms with Crippen LogP contribution in [0, 0.1) is 0 Å². The lowest BCUT2D eigenvalue weighted by Gasteiger charge is -2.45. The number of carbonyl (C=O) groups is 1. The minimum atomic E-state index is -0.152. The Morgan fingerprint density at radius 2 is 1.83 bits per heavy atom. The highest BCUT2D eigenvalue weighted by Gasteiger charge is 2.30. The zero-order valence-corrected chi connectivity index (χ0v) is 19.0. The summed E-state index contributed by atoms with van der Waals surface area (Å²) in [6.07, 6.45) is 3.61. The Balaban J connectivity index is 0.00000320. The molecule has 1 saturated heterocycles. The molecule has 0 amide bonds. The van der Waals surface area contributed by atoms with Gasteiger partial charge in [-0.2, -0.15) is 0 Å². The second kappa shape index (κ2) is 11.9. The van der Waals surface area contributed by atoms with Crippen molar-refractivity contribution in [2.24, 2.45) is 0 Å². The molecule has 1 aromatic carbocycles. The molecule has 0 saturated carbocycles. The number of hydrogen-bond acceptors (Lipinski definition) is 6. The molecule has 6 nitrogen and oxygen atoms in total. The lowest BCUT2D eigenvalue weighted by molar-refractivity contribution is -0.143. The van der Waals surface area contributed by atoms with Crippen LogP contribution in [0.1, 0.15) is 45.0 Å². The number of hydrogen-bond donors (Lipinski definition) is 0. The van der Waals surface area contributed by atoms with E-state index in [1.807, 2.05) is 13.0 Å². The van der Waals surface area contributed by atoms with Crippen molar-refractivity contribution in [2.75, 3.05) is 24.6 Å². The van der Waals surface area contributed by atoms with Crippen molar-refractivity contribution in [3.8, 4) is 0 Å². The average Bonchev–Trinajstić information content (AvgIpc) is 2.69. The fourth-order valence-electron chi connectivity index (χ4n) is 4.04. The van der Waals surface area contributed by atoms with Gasteiger partial charge in [-0.1, -0.05) is 37.3 Å². The number of anilines is 1. The van der Waals surface area contributed by atoms with Gasteiger partial charge in [0, 0.05) is 50.8 Å². The summed E-state index contributed by atoms with van der Waals surface area (Å²) in [6.45, 7) is 9.76. The van der Waals surface area contributed by atoms with E-state index in [9.17, 15) is 4.79 Å². The van der Waals surface area contributed by atoms with E-state index in [0.29, 0.717) is 31.5 Å². The molecule has 164 valence electrons. The van der Waals surface area contributed by atoms with Crippen LogP contribution in [-0.2, 0) is 22.5 Å². The molecule has 0 N–H and O–H groups in total. The third kappa shape index (κ3) is 6.67. The molecule has 0 aliphatic carbocycles. The molecule has 0 unspecified atom stereocenters. The molecule has 1 aliphatic rings. The van der Waals surface area contributed by atoms with Crippen molar-refractivity contribution in [3.05, 3.63) is 54.0 Å². The van der Waals surface area contributed by atoms with Gasteiger partial charge in [0.1, 0.15) is 11.6 Å². The highest BCUT2D eigenvalue weighted by Crippen LogP contribution is 2.24. The summed E-state index contributed by atoms with van der Waals surface area (Å²) in [5.41, 5.74) is 1.35. The first-order valence-electron chi connectivity index (χ1n) is 10.6. The molecule has 2 aromatic rings. The smallest absolute Gasteiger partial charge is 0.305 e. The summed E-state index contributed by atoms with van der Waals surface area (Å²) in [6, 6.07) is 13.3. The lowest BCUT2D eigenvalue weighted by Crippen LogP contribution is -2.56. The molecule has 2 heterocycles. The van der Waals surface area contributed by atoms with Crippen LogP contribution in [0.15, 0.2) is 42.6 Å². The number of piperazine rings is 1. The quantitative estimate of drug-likeness (QED) is 0.590. The highest BCUT2D eigenvalue weighted by molar-refractivity contribution is 5.85. The van der Waals surface area contributed by atoms with Gasteiger partial charge >= 0.3 is 5.97 Å². The molecule has 0 bridgehead atoms. The van der Waals surface area contributed by atoms with E-state index in [4.69, 9.17) is 9.72 Å². The zero-order chi connectivity index (χ0) is 20.6. The van der Waals surface area contributed by atoms with Gasteiger partial charge < -0.3 is 9.64 Å². The summed E-state index contributed by atoms with van der Waals surface area (Å²) in [5, 5.41) is 0. The van der Waals surface area contributed by atoms with Gasteiger partial charge in [-0.15, -0.1) is 12.4 Å². The summed E-state index contributed by atoms with van der Waals surface area (Å²) < 4.78 is 5.25. The molecule has 0 radical (unpaired) electrons. The summed E-state index contributed by atoms with van der Waals surface area (Å²) in [4.78, 5) is 25.5. The number of benzene rings is 1. The Morgan fingerprint density at radius 3 is 2.50 bits per heavy atom. The van der Waals surface area contributed by atoms with Gasteiger partial charge in [-0.25, -0.2) is 9.97 Å². The number of halogens is 1. The maximum atomic E-state index is 11.5. The van der Waals surface area contributed by atoms with Crippen molar-refractivity contribution in [1.82, 2.24) is 14.9 Å². The zero-order valence-electron chi connectivity index (χ0n) is 18.2. The lowest BCUT2D eigenvalue weighted by atomic mass is 10.1. The van der Waals surface area contributed by atoms with E-state index in [-0.39, 0.29) is 18.4 Å². The normalized spacial score (nSPS) is 19.2. The van der Waals surface area contributed by atoms with E-state index in [1.54, 1.807) is 6.20 Å². The molecule has 30 heavy (non-hydrogen) atoms. The Kier molecular flexibility index (Phi) is 9.53. The number of rotatable bonds is 8. The second-order valence-electron chi connectivity index (χ2n) is 7.84. The molecular formula is C23H33ClN4O2. The van der Waals surface area contributed by atoms with Gasteiger partial charge in [0.05, 0.1) is 6.61 Å². The molecule has 3 rings (SSSR count). The largest absolute Gasteiger partial charge is 0.465 e. The molecule has 1 fully saturated rings. The Morgan fingerprint density at radius 1 is 1.13 bits per heavy atom. The van der Waals surface area contributed by atoms with E-state index < -0.39 is 0 Å². The molecule has 1 aliphatic heterocycles. The molecule has 1 aromatic heterocycles. The third-order valence-corrected chi connectivity index (χ3v) is 5.24. The van der Waals surface area contributed by atoms with Crippen LogP contribution in [-0.4, -0.2) is 52.6 Å². The van der Waals surface area contributed by atoms with Crippen LogP contribution in [0.5, 0.6) is 0 Å². The van der Waals surface area contributed by atoms with Crippen LogP contribution in [0.3, 0.4) is 0 Å². The first-order valence-corrected chi connectivity index (χ1v) is 10.6. The van der Waals surface area contributed by atoms with Crippen molar-refractivity contribution in [2.45, 2.75) is 58.7 Å². The van der Waals surface area contributed by atoms with E-state index in [0.717, 1.165) is 37.7 Å². The molecule has 2 atom stereocenters. The second-order valence-corrected chi connectivity index (χ2v) is 7.84. The maximum Gasteiger partial charge on any atom is 0.305 e. The van der Waals surface area contributed by atoms with E-state index in [1.165, 1.54) is 5.56 Å². The monoisotopic (exact) mass is 432 g/mol. The van der Waals surface area contributed by atoms with E-state index >= 15 is 0 Å². The predicted octanol–water partition coefficient (Wildman–Crippen LogP) is 3.88. The van der Waals surface area contributed by atoms with Gasteiger partial charge in [-0.05, 0) is 31.9 Å². The van der Waals surface area contributed by atoms with Crippen LogP contribution >= 0.6 is 12.4 Å². The first-order chi connectivity index (χ1) is 14.1. The highest BCUT2D eigenvalue weighted by atomic mass is 35.5. The van der Waals surface area contributed by atoms with Gasteiger partial charge in [0.2, 0.25) is 0 Å². The van der Waals surface area contributed by atoms with Crippen molar-refractivity contribution < 1.29 is 9.53 Å². The van der Waals surface area contributed by atoms with E-state index in [2.05, 4.69) is 59.0 Å². The Bertz CT molecular complexity index is 778. The fourth-order valence-corrected chi connectivity index (χ4v) is 4.04. The standard InChI is InChI=1S/C23H32N4O2.ClH/c1-4-8-23(28)29-14-12-21-24-13-11-22(25-21)27-18(2)15-26(16-19(27)3)17-20-9-6-5-7-10-20;/h5-7,9-11,13,18-19H,4,8,12,14-17H2,1-3H3;1H/t18-,19+;. The van der Waals surface area contributed by atoms with Crippen molar-refractivity contribution >= 4 is 24.2 Å². The fraction of sp³-hybridized carbons (Fsp3) is 0.522. The van der Waals surface area contributed by atoms with Crippen molar-refractivity contribution in [3.63, 3.8) is 0 Å². The average molecular weight is 433 g/mol. The number of aromatic nitrogens is 2. The van der Waals surface area contributed by atoms with Crippen molar-refractivity contribution in [1.29, 1.82) is 0 Å². The SMILES string of the molecule is CCCC(=O)OCCc1nccc(N2[C@H](C)CN(Cc3ccccc3)C[C@@H]2C)n1.Cl. The molecule has 0 spiro atoms. The van der Waals surface area contributed by atoms with Gasteiger partial charge in [0.25, 0.3) is 0 Å². The van der Waals surface area contributed by atoms with Crippen LogP contribution in [0.2, 0.25) is 0 Å². The predicted molar refractivity (Wildman–Crippen MR) is 122 cm³/mol. The Labute approximate surface area is 186 Å². The molecular weight excluding hydrogens is 400 g/mol. The third-order valence-electron chi connectivity index (χ3n) is 5.24. The summed E-state index contributed by atoms with van der Waals surface area (Å²) in [5.74, 6) is 1.52. The number of esters is 1. The van der Waals surface area contributed by atoms with Crippen LogP contribution in [0.4, 0.5) is 5.82 Å². The summed E-state index contributed by atoms with van der Waals surface area (Å²) >= 11 is 0. The Hall–Kier alpha value is -2.18. The van der Waals surface area contributed by atoms with Crippen LogP contribution < -0.4 is 4.90 Å². The topological polar surface area (TPSA) is 58.6 Å².